The molecule has 0 aliphatic rings. The fourth-order valence-corrected chi connectivity index (χ4v) is 3.22. The van der Waals surface area contributed by atoms with Crippen LogP contribution in [0, 0.1) is 11.3 Å². The van der Waals surface area contributed by atoms with Crippen molar-refractivity contribution in [1.29, 1.82) is 5.26 Å². The van der Waals surface area contributed by atoms with E-state index in [1.165, 1.54) is 18.3 Å². The first-order valence-electron chi connectivity index (χ1n) is 5.82. The number of halogens is 1. The van der Waals surface area contributed by atoms with Crippen molar-refractivity contribution in [3.05, 3.63) is 46.6 Å². The van der Waals surface area contributed by atoms with E-state index in [1.54, 1.807) is 18.2 Å². The fourth-order valence-electron chi connectivity index (χ4n) is 1.59. The SMILES string of the molecule is N#CCc1ccc(S(=O)(=O)Nc2ncc(N)cc2Br)cc1. The van der Waals surface area contributed by atoms with Crippen LogP contribution in [-0.4, -0.2) is 13.4 Å². The normalized spacial score (nSPS) is 10.9. The van der Waals surface area contributed by atoms with Crippen LogP contribution in [0.4, 0.5) is 11.5 Å². The molecule has 21 heavy (non-hydrogen) atoms. The summed E-state index contributed by atoms with van der Waals surface area (Å²) in [6.45, 7) is 0. The van der Waals surface area contributed by atoms with E-state index >= 15 is 0 Å². The van der Waals surface area contributed by atoms with Crippen molar-refractivity contribution in [3.8, 4) is 6.07 Å². The molecule has 0 fully saturated rings. The fraction of sp³-hybridized carbons (Fsp3) is 0.0769. The number of sulfonamides is 1. The quantitative estimate of drug-likeness (QED) is 0.862. The van der Waals surface area contributed by atoms with E-state index in [0.717, 1.165) is 5.56 Å². The van der Waals surface area contributed by atoms with Crippen molar-refractivity contribution in [2.75, 3.05) is 10.5 Å². The van der Waals surface area contributed by atoms with Gasteiger partial charge in [-0.15, -0.1) is 0 Å². The highest BCUT2D eigenvalue weighted by atomic mass is 79.9. The Hall–Kier alpha value is -2.11. The molecule has 8 heteroatoms. The number of nitrogens with one attached hydrogen (secondary N) is 1. The summed E-state index contributed by atoms with van der Waals surface area (Å²) in [4.78, 5) is 4.02. The molecular weight excluding hydrogens is 356 g/mol. The Morgan fingerprint density at radius 2 is 2.00 bits per heavy atom. The van der Waals surface area contributed by atoms with Crippen LogP contribution in [0.5, 0.6) is 0 Å². The highest BCUT2D eigenvalue weighted by Crippen LogP contribution is 2.24. The highest BCUT2D eigenvalue weighted by molar-refractivity contribution is 9.10. The van der Waals surface area contributed by atoms with E-state index in [-0.39, 0.29) is 17.1 Å². The van der Waals surface area contributed by atoms with Gasteiger partial charge in [0.25, 0.3) is 10.0 Å². The lowest BCUT2D eigenvalue weighted by atomic mass is 10.2. The molecule has 2 rings (SSSR count). The maximum Gasteiger partial charge on any atom is 0.263 e. The third-order valence-electron chi connectivity index (χ3n) is 2.61. The zero-order valence-electron chi connectivity index (χ0n) is 10.7. The number of aromatic nitrogens is 1. The maximum absolute atomic E-state index is 12.2. The summed E-state index contributed by atoms with van der Waals surface area (Å²) in [5, 5.41) is 8.59. The van der Waals surface area contributed by atoms with Crippen LogP contribution in [0.1, 0.15) is 5.56 Å². The van der Waals surface area contributed by atoms with Gasteiger partial charge in [0.2, 0.25) is 0 Å². The Bertz CT molecular complexity index is 798. The average molecular weight is 367 g/mol. The van der Waals surface area contributed by atoms with Gasteiger partial charge in [-0.1, -0.05) is 12.1 Å². The van der Waals surface area contributed by atoms with Crippen molar-refractivity contribution < 1.29 is 8.42 Å². The molecule has 0 aliphatic heterocycles. The van der Waals surface area contributed by atoms with E-state index in [2.05, 4.69) is 25.6 Å². The molecule has 0 aliphatic carbocycles. The Labute approximate surface area is 130 Å². The molecular formula is C13H11BrN4O2S. The molecule has 3 N–H and O–H groups in total. The Morgan fingerprint density at radius 1 is 1.33 bits per heavy atom. The van der Waals surface area contributed by atoms with E-state index in [4.69, 9.17) is 11.0 Å². The van der Waals surface area contributed by atoms with E-state index < -0.39 is 10.0 Å². The standard InChI is InChI=1S/C13H11BrN4O2S/c14-12-7-10(16)8-17-13(12)18-21(19,20)11-3-1-9(2-4-11)5-6-15/h1-4,7-8H,5,16H2,(H,17,18). The third kappa shape index (κ3) is 3.71. The monoisotopic (exact) mass is 366 g/mol. The summed E-state index contributed by atoms with van der Waals surface area (Å²) in [5.41, 5.74) is 6.73. The number of nitrogens with zero attached hydrogens (tertiary/aromatic N) is 2. The van der Waals surface area contributed by atoms with Gasteiger partial charge in [-0.05, 0) is 39.7 Å². The molecule has 0 spiro atoms. The zero-order valence-corrected chi connectivity index (χ0v) is 13.1. The minimum atomic E-state index is -3.75. The molecule has 0 atom stereocenters. The van der Waals surface area contributed by atoms with Crippen molar-refractivity contribution in [2.45, 2.75) is 11.3 Å². The second-order valence-corrected chi connectivity index (χ2v) is 6.72. The van der Waals surface area contributed by atoms with Crippen LogP contribution in [-0.2, 0) is 16.4 Å². The second-order valence-electron chi connectivity index (χ2n) is 4.18. The zero-order chi connectivity index (χ0) is 15.5. The minimum Gasteiger partial charge on any atom is -0.397 e. The van der Waals surface area contributed by atoms with Crippen LogP contribution >= 0.6 is 15.9 Å². The van der Waals surface area contributed by atoms with Crippen LogP contribution in [0.15, 0.2) is 45.9 Å². The number of nitriles is 1. The van der Waals surface area contributed by atoms with Gasteiger partial charge in [0, 0.05) is 0 Å². The number of pyridine rings is 1. The molecule has 1 heterocycles. The van der Waals surface area contributed by atoms with E-state index in [1.807, 2.05) is 6.07 Å². The highest BCUT2D eigenvalue weighted by Gasteiger charge is 2.16. The van der Waals surface area contributed by atoms with Crippen LogP contribution in [0.3, 0.4) is 0 Å². The molecule has 0 bridgehead atoms. The van der Waals surface area contributed by atoms with Crippen molar-refractivity contribution >= 4 is 37.5 Å². The molecule has 0 radical (unpaired) electrons. The van der Waals surface area contributed by atoms with Gasteiger partial charge in [-0.25, -0.2) is 13.4 Å². The molecule has 1 aromatic heterocycles. The van der Waals surface area contributed by atoms with Gasteiger partial charge in [-0.2, -0.15) is 5.26 Å². The number of nitrogen functional groups attached to an aromatic ring is 1. The Balaban J connectivity index is 2.27. The molecule has 0 saturated heterocycles. The summed E-state index contributed by atoms with van der Waals surface area (Å²) < 4.78 is 27.3. The maximum atomic E-state index is 12.2. The number of hydrogen-bond donors (Lipinski definition) is 2. The first-order chi connectivity index (χ1) is 9.92. The van der Waals surface area contributed by atoms with Gasteiger partial charge >= 0.3 is 0 Å². The second kappa shape index (κ2) is 6.11. The van der Waals surface area contributed by atoms with Crippen molar-refractivity contribution in [1.82, 2.24) is 4.98 Å². The summed E-state index contributed by atoms with van der Waals surface area (Å²) >= 11 is 3.20. The van der Waals surface area contributed by atoms with E-state index in [9.17, 15) is 8.42 Å². The summed E-state index contributed by atoms with van der Waals surface area (Å²) in [6, 6.07) is 9.65. The lowest BCUT2D eigenvalue weighted by Gasteiger charge is -2.09. The Morgan fingerprint density at radius 3 is 2.57 bits per heavy atom. The lowest BCUT2D eigenvalue weighted by Crippen LogP contribution is -2.14. The van der Waals surface area contributed by atoms with Gasteiger partial charge in [0.1, 0.15) is 0 Å². The predicted molar refractivity (Wildman–Crippen MR) is 82.9 cm³/mol. The van der Waals surface area contributed by atoms with Crippen LogP contribution < -0.4 is 10.5 Å². The smallest absolute Gasteiger partial charge is 0.263 e. The molecule has 0 amide bonds. The van der Waals surface area contributed by atoms with Crippen LogP contribution in [0.2, 0.25) is 0 Å². The van der Waals surface area contributed by atoms with Crippen molar-refractivity contribution in [3.63, 3.8) is 0 Å². The molecule has 6 nitrogen and oxygen atoms in total. The van der Waals surface area contributed by atoms with Crippen molar-refractivity contribution in [2.24, 2.45) is 0 Å². The molecule has 0 unspecified atom stereocenters. The van der Waals surface area contributed by atoms with Gasteiger partial charge in [0.15, 0.2) is 5.82 Å². The summed E-state index contributed by atoms with van der Waals surface area (Å²) in [6.07, 6.45) is 1.59. The van der Waals surface area contributed by atoms with E-state index in [0.29, 0.717) is 10.2 Å². The number of anilines is 2. The predicted octanol–water partition coefficient (Wildman–Crippen LogP) is 2.29. The first kappa shape index (κ1) is 15.3. The summed E-state index contributed by atoms with van der Waals surface area (Å²) in [7, 11) is -3.75. The molecule has 2 aromatic rings. The third-order valence-corrected chi connectivity index (χ3v) is 4.57. The number of benzene rings is 1. The first-order valence-corrected chi connectivity index (χ1v) is 8.10. The molecule has 0 saturated carbocycles. The topological polar surface area (TPSA) is 109 Å². The van der Waals surface area contributed by atoms with Gasteiger partial charge in [0.05, 0.1) is 33.7 Å². The molecule has 1 aromatic carbocycles. The van der Waals surface area contributed by atoms with Gasteiger partial charge in [-0.3, -0.25) is 4.72 Å². The largest absolute Gasteiger partial charge is 0.397 e. The van der Waals surface area contributed by atoms with Gasteiger partial charge < -0.3 is 5.73 Å². The summed E-state index contributed by atoms with van der Waals surface area (Å²) in [5.74, 6) is 0.158. The Kier molecular flexibility index (Phi) is 4.45. The molecule has 108 valence electrons. The van der Waals surface area contributed by atoms with Crippen LogP contribution in [0.25, 0.3) is 0 Å². The lowest BCUT2D eigenvalue weighted by molar-refractivity contribution is 0.601. The minimum absolute atomic E-state index is 0.0923. The number of hydrogen-bond acceptors (Lipinski definition) is 5. The number of nitrogens with two attached hydrogens (primary N) is 1. The number of rotatable bonds is 4. The average Bonchev–Trinajstić information content (AvgIpc) is 2.43.